The second kappa shape index (κ2) is 5.47. The Morgan fingerprint density at radius 2 is 1.94 bits per heavy atom. The largest absolute Gasteiger partial charge is 0.368 e. The molecule has 0 amide bonds. The average molecular weight is 234 g/mol. The van der Waals surface area contributed by atoms with E-state index in [1.807, 2.05) is 30.3 Å². The fourth-order valence-corrected chi connectivity index (χ4v) is 1.56. The summed E-state index contributed by atoms with van der Waals surface area (Å²) >= 11 is 5.97. The van der Waals surface area contributed by atoms with Gasteiger partial charge in [-0.2, -0.15) is 0 Å². The molecule has 2 heterocycles. The summed E-state index contributed by atoms with van der Waals surface area (Å²) in [6.45, 7) is 0.772. The molecule has 82 valence electrons. The number of nitrogens with zero attached hydrogens (tertiary/aromatic N) is 2. The molecule has 2 rings (SSSR count). The van der Waals surface area contributed by atoms with Gasteiger partial charge in [0.15, 0.2) is 0 Å². The maximum absolute atomic E-state index is 5.97. The molecule has 0 fully saturated rings. The van der Waals surface area contributed by atoms with Gasteiger partial charge in [0, 0.05) is 31.1 Å². The fraction of sp³-hybridized carbons (Fsp3) is 0.167. The van der Waals surface area contributed by atoms with Gasteiger partial charge in [-0.05, 0) is 24.3 Å². The van der Waals surface area contributed by atoms with Crippen LogP contribution in [0.25, 0.3) is 0 Å². The minimum absolute atomic E-state index is 0.642. The van der Waals surface area contributed by atoms with Crippen LogP contribution in [-0.2, 0) is 6.42 Å². The third-order valence-electron chi connectivity index (χ3n) is 2.16. The Labute approximate surface area is 99.5 Å². The van der Waals surface area contributed by atoms with Gasteiger partial charge in [0.25, 0.3) is 0 Å². The highest BCUT2D eigenvalue weighted by Gasteiger charge is 1.99. The molecule has 4 heteroatoms. The van der Waals surface area contributed by atoms with Crippen LogP contribution in [0.1, 0.15) is 5.69 Å². The van der Waals surface area contributed by atoms with Gasteiger partial charge < -0.3 is 5.32 Å². The van der Waals surface area contributed by atoms with Crippen molar-refractivity contribution in [3.8, 4) is 0 Å². The zero-order valence-electron chi connectivity index (χ0n) is 8.73. The van der Waals surface area contributed by atoms with Gasteiger partial charge in [-0.1, -0.05) is 17.7 Å². The highest BCUT2D eigenvalue weighted by Crippen LogP contribution is 2.16. The molecule has 0 saturated heterocycles. The van der Waals surface area contributed by atoms with E-state index >= 15 is 0 Å². The molecule has 0 radical (unpaired) electrons. The fourth-order valence-electron chi connectivity index (χ4n) is 1.37. The van der Waals surface area contributed by atoms with Crippen molar-refractivity contribution in [2.75, 3.05) is 11.9 Å². The molecule has 0 aliphatic rings. The minimum Gasteiger partial charge on any atom is -0.368 e. The average Bonchev–Trinajstić information content (AvgIpc) is 2.33. The molecule has 0 aliphatic carbocycles. The summed E-state index contributed by atoms with van der Waals surface area (Å²) in [5.74, 6) is 0.722. The Morgan fingerprint density at radius 3 is 2.69 bits per heavy atom. The molecule has 2 aromatic heterocycles. The number of halogens is 1. The van der Waals surface area contributed by atoms with E-state index in [-0.39, 0.29) is 0 Å². The van der Waals surface area contributed by atoms with Crippen molar-refractivity contribution in [2.24, 2.45) is 0 Å². The lowest BCUT2D eigenvalue weighted by Gasteiger charge is -2.06. The summed E-state index contributed by atoms with van der Waals surface area (Å²) in [7, 11) is 0. The summed E-state index contributed by atoms with van der Waals surface area (Å²) in [5.41, 5.74) is 1.06. The Balaban J connectivity index is 1.87. The van der Waals surface area contributed by atoms with E-state index in [2.05, 4.69) is 15.3 Å². The zero-order valence-corrected chi connectivity index (χ0v) is 9.48. The molecule has 1 N–H and O–H groups in total. The topological polar surface area (TPSA) is 37.8 Å². The lowest BCUT2D eigenvalue weighted by molar-refractivity contribution is 0.954. The van der Waals surface area contributed by atoms with Crippen LogP contribution in [-0.4, -0.2) is 16.5 Å². The van der Waals surface area contributed by atoms with Crippen LogP contribution in [0, 0.1) is 0 Å². The lowest BCUT2D eigenvalue weighted by atomic mass is 10.3. The smallest absolute Gasteiger partial charge is 0.144 e. The summed E-state index contributed by atoms with van der Waals surface area (Å²) in [5, 5.41) is 3.82. The van der Waals surface area contributed by atoms with Gasteiger partial charge >= 0.3 is 0 Å². The van der Waals surface area contributed by atoms with Gasteiger partial charge in [0.1, 0.15) is 5.82 Å². The van der Waals surface area contributed by atoms with E-state index in [1.54, 1.807) is 12.4 Å². The quantitative estimate of drug-likeness (QED) is 0.883. The van der Waals surface area contributed by atoms with Crippen molar-refractivity contribution in [1.82, 2.24) is 9.97 Å². The first-order valence-electron chi connectivity index (χ1n) is 5.10. The third-order valence-corrected chi connectivity index (χ3v) is 2.46. The molecule has 3 nitrogen and oxygen atoms in total. The number of nitrogens with one attached hydrogen (secondary N) is 1. The standard InChI is InChI=1S/C12H12ClN3/c13-11-5-3-8-15-12(11)16-9-6-10-4-1-2-7-14-10/h1-5,7-8H,6,9H2,(H,15,16). The Hall–Kier alpha value is -1.61. The van der Waals surface area contributed by atoms with Crippen LogP contribution >= 0.6 is 11.6 Å². The Kier molecular flexibility index (Phi) is 3.72. The number of pyridine rings is 2. The number of rotatable bonds is 4. The number of hydrogen-bond donors (Lipinski definition) is 1. The lowest BCUT2D eigenvalue weighted by Crippen LogP contribution is -2.07. The predicted molar refractivity (Wildman–Crippen MR) is 65.7 cm³/mol. The van der Waals surface area contributed by atoms with Gasteiger partial charge in [-0.3, -0.25) is 4.98 Å². The minimum atomic E-state index is 0.642. The summed E-state index contributed by atoms with van der Waals surface area (Å²) in [4.78, 5) is 8.38. The van der Waals surface area contributed by atoms with Crippen molar-refractivity contribution in [1.29, 1.82) is 0 Å². The molecular formula is C12H12ClN3. The van der Waals surface area contributed by atoms with E-state index in [4.69, 9.17) is 11.6 Å². The van der Waals surface area contributed by atoms with Gasteiger partial charge in [0.05, 0.1) is 5.02 Å². The van der Waals surface area contributed by atoms with Crippen molar-refractivity contribution in [3.05, 3.63) is 53.4 Å². The van der Waals surface area contributed by atoms with Crippen molar-refractivity contribution >= 4 is 17.4 Å². The second-order valence-electron chi connectivity index (χ2n) is 3.33. The van der Waals surface area contributed by atoms with Crippen molar-refractivity contribution < 1.29 is 0 Å². The first-order valence-corrected chi connectivity index (χ1v) is 5.48. The number of aromatic nitrogens is 2. The molecule has 0 aliphatic heterocycles. The molecular weight excluding hydrogens is 222 g/mol. The van der Waals surface area contributed by atoms with Gasteiger partial charge in [-0.25, -0.2) is 4.98 Å². The first-order chi connectivity index (χ1) is 7.86. The Bertz CT molecular complexity index is 445. The zero-order chi connectivity index (χ0) is 11.2. The molecule has 0 saturated carbocycles. The molecule has 0 aromatic carbocycles. The van der Waals surface area contributed by atoms with E-state index in [9.17, 15) is 0 Å². The summed E-state index contributed by atoms with van der Waals surface area (Å²) < 4.78 is 0. The molecule has 0 spiro atoms. The number of anilines is 1. The maximum Gasteiger partial charge on any atom is 0.144 e. The monoisotopic (exact) mass is 233 g/mol. The van der Waals surface area contributed by atoms with E-state index in [0.717, 1.165) is 24.5 Å². The normalized spacial score (nSPS) is 10.1. The van der Waals surface area contributed by atoms with Crippen LogP contribution in [0.5, 0.6) is 0 Å². The van der Waals surface area contributed by atoms with Crippen LogP contribution in [0.4, 0.5) is 5.82 Å². The second-order valence-corrected chi connectivity index (χ2v) is 3.74. The summed E-state index contributed by atoms with van der Waals surface area (Å²) in [6, 6.07) is 9.52. The van der Waals surface area contributed by atoms with Gasteiger partial charge in [0.2, 0.25) is 0 Å². The maximum atomic E-state index is 5.97. The van der Waals surface area contributed by atoms with Crippen LogP contribution in [0.15, 0.2) is 42.7 Å². The molecule has 2 aromatic rings. The highest BCUT2D eigenvalue weighted by molar-refractivity contribution is 6.32. The molecule has 16 heavy (non-hydrogen) atoms. The highest BCUT2D eigenvalue weighted by atomic mass is 35.5. The van der Waals surface area contributed by atoms with E-state index in [1.165, 1.54) is 0 Å². The van der Waals surface area contributed by atoms with Crippen molar-refractivity contribution in [2.45, 2.75) is 6.42 Å². The Morgan fingerprint density at radius 1 is 1.06 bits per heavy atom. The van der Waals surface area contributed by atoms with Crippen molar-refractivity contribution in [3.63, 3.8) is 0 Å². The summed E-state index contributed by atoms with van der Waals surface area (Å²) in [6.07, 6.45) is 4.37. The van der Waals surface area contributed by atoms with E-state index in [0.29, 0.717) is 5.02 Å². The van der Waals surface area contributed by atoms with E-state index < -0.39 is 0 Å². The van der Waals surface area contributed by atoms with Crippen LogP contribution < -0.4 is 5.32 Å². The molecule has 0 atom stereocenters. The third kappa shape index (κ3) is 2.94. The SMILES string of the molecule is Clc1cccnc1NCCc1ccccn1. The first kappa shape index (κ1) is 10.9. The predicted octanol–water partition coefficient (Wildman–Crippen LogP) is 2.78. The van der Waals surface area contributed by atoms with Gasteiger partial charge in [-0.15, -0.1) is 0 Å². The van der Waals surface area contributed by atoms with Crippen LogP contribution in [0.2, 0.25) is 5.02 Å². The van der Waals surface area contributed by atoms with Crippen LogP contribution in [0.3, 0.4) is 0 Å². The molecule has 0 bridgehead atoms. The number of hydrogen-bond acceptors (Lipinski definition) is 3. The molecule has 0 unspecified atom stereocenters.